The molecule has 0 aliphatic heterocycles. The van der Waals surface area contributed by atoms with Crippen molar-refractivity contribution in [2.75, 3.05) is 7.11 Å². The maximum atomic E-state index is 12.0. The summed E-state index contributed by atoms with van der Waals surface area (Å²) in [6, 6.07) is 9.78. The summed E-state index contributed by atoms with van der Waals surface area (Å²) < 4.78 is 4.92. The predicted molar refractivity (Wildman–Crippen MR) is 83.1 cm³/mol. The fourth-order valence-electron chi connectivity index (χ4n) is 1.81. The Labute approximate surface area is 122 Å². The Kier molecular flexibility index (Phi) is 5.49. The predicted octanol–water partition coefficient (Wildman–Crippen LogP) is 3.86. The van der Waals surface area contributed by atoms with Gasteiger partial charge in [0, 0.05) is 6.21 Å². The van der Waals surface area contributed by atoms with E-state index in [1.54, 1.807) is 6.21 Å². The van der Waals surface area contributed by atoms with Gasteiger partial charge in [0.2, 0.25) is 0 Å². The van der Waals surface area contributed by atoms with Gasteiger partial charge >= 0.3 is 5.97 Å². The summed E-state index contributed by atoms with van der Waals surface area (Å²) in [6.45, 7) is 8.31. The summed E-state index contributed by atoms with van der Waals surface area (Å²) in [4.78, 5) is 16.5. The minimum Gasteiger partial charge on any atom is -0.467 e. The van der Waals surface area contributed by atoms with Crippen LogP contribution in [-0.4, -0.2) is 24.8 Å². The first kappa shape index (κ1) is 16.4. The molecule has 0 spiro atoms. The number of methoxy groups -OCH3 is 1. The van der Waals surface area contributed by atoms with Crippen molar-refractivity contribution in [3.05, 3.63) is 35.9 Å². The van der Waals surface area contributed by atoms with Gasteiger partial charge in [0.25, 0.3) is 0 Å². The number of carbonyl (C=O) groups is 1. The van der Waals surface area contributed by atoms with Gasteiger partial charge in [0.1, 0.15) is 0 Å². The van der Waals surface area contributed by atoms with Crippen LogP contribution in [0, 0.1) is 5.41 Å². The second kappa shape index (κ2) is 6.69. The highest BCUT2D eigenvalue weighted by atomic mass is 16.5. The van der Waals surface area contributed by atoms with E-state index in [1.807, 2.05) is 37.3 Å². The third-order valence-electron chi connectivity index (χ3n) is 3.29. The van der Waals surface area contributed by atoms with E-state index < -0.39 is 5.54 Å². The zero-order valence-electron chi connectivity index (χ0n) is 13.1. The molecule has 3 nitrogen and oxygen atoms in total. The van der Waals surface area contributed by atoms with Crippen molar-refractivity contribution >= 4 is 12.2 Å². The number of esters is 1. The molecule has 1 atom stereocenters. The van der Waals surface area contributed by atoms with Crippen molar-refractivity contribution in [3.8, 4) is 0 Å². The average molecular weight is 275 g/mol. The van der Waals surface area contributed by atoms with Gasteiger partial charge in [0.15, 0.2) is 5.54 Å². The molecular weight excluding hydrogens is 250 g/mol. The number of hydrogen-bond donors (Lipinski definition) is 0. The highest BCUT2D eigenvalue weighted by Gasteiger charge is 2.34. The molecular formula is C17H25NO2. The molecule has 110 valence electrons. The molecule has 0 saturated heterocycles. The van der Waals surface area contributed by atoms with Crippen molar-refractivity contribution < 1.29 is 9.53 Å². The molecule has 0 bridgehead atoms. The van der Waals surface area contributed by atoms with Crippen LogP contribution in [0.15, 0.2) is 35.3 Å². The van der Waals surface area contributed by atoms with E-state index in [4.69, 9.17) is 4.74 Å². The Morgan fingerprint density at radius 2 is 1.75 bits per heavy atom. The number of hydrogen-bond acceptors (Lipinski definition) is 3. The standard InChI is InChI=1S/C17H25NO2/c1-16(2,3)11-12-17(4,15(19)20-5)18-13-14-9-7-6-8-10-14/h6-10,13H,11-12H2,1-5H3. The first-order valence-corrected chi connectivity index (χ1v) is 6.95. The highest BCUT2D eigenvalue weighted by Crippen LogP contribution is 2.28. The van der Waals surface area contributed by atoms with Crippen LogP contribution < -0.4 is 0 Å². The first-order chi connectivity index (χ1) is 9.27. The Bertz CT molecular complexity index is 460. The maximum absolute atomic E-state index is 12.0. The van der Waals surface area contributed by atoms with Crippen molar-refractivity contribution in [1.29, 1.82) is 0 Å². The lowest BCUT2D eigenvalue weighted by molar-refractivity contribution is -0.146. The fraction of sp³-hybridized carbons (Fsp3) is 0.529. The Morgan fingerprint density at radius 1 is 1.15 bits per heavy atom. The molecule has 0 fully saturated rings. The Morgan fingerprint density at radius 3 is 2.25 bits per heavy atom. The zero-order chi connectivity index (χ0) is 15.2. The number of benzene rings is 1. The normalized spacial score (nSPS) is 15.1. The molecule has 1 rings (SSSR count). The SMILES string of the molecule is COC(=O)C(C)(CCC(C)(C)C)N=Cc1ccccc1. The van der Waals surface area contributed by atoms with Crippen molar-refractivity contribution in [2.24, 2.45) is 10.4 Å². The van der Waals surface area contributed by atoms with Gasteiger partial charge in [-0.2, -0.15) is 0 Å². The molecule has 0 N–H and O–H groups in total. The molecule has 3 heteroatoms. The average Bonchev–Trinajstić information content (AvgIpc) is 2.42. The summed E-state index contributed by atoms with van der Waals surface area (Å²) in [7, 11) is 1.41. The second-order valence-electron chi connectivity index (χ2n) is 6.49. The number of rotatable bonds is 5. The van der Waals surface area contributed by atoms with Crippen LogP contribution in [0.2, 0.25) is 0 Å². The number of aliphatic imine (C=N–C) groups is 1. The van der Waals surface area contributed by atoms with E-state index in [0.29, 0.717) is 6.42 Å². The van der Waals surface area contributed by atoms with E-state index in [9.17, 15) is 4.79 Å². The van der Waals surface area contributed by atoms with Crippen LogP contribution in [0.4, 0.5) is 0 Å². The van der Waals surface area contributed by atoms with Crippen molar-refractivity contribution in [2.45, 2.75) is 46.1 Å². The maximum Gasteiger partial charge on any atom is 0.333 e. The lowest BCUT2D eigenvalue weighted by atomic mass is 9.84. The first-order valence-electron chi connectivity index (χ1n) is 6.95. The molecule has 0 radical (unpaired) electrons. The van der Waals surface area contributed by atoms with E-state index in [-0.39, 0.29) is 11.4 Å². The topological polar surface area (TPSA) is 38.7 Å². The van der Waals surface area contributed by atoms with Gasteiger partial charge in [-0.3, -0.25) is 4.99 Å². The van der Waals surface area contributed by atoms with E-state index >= 15 is 0 Å². The largest absolute Gasteiger partial charge is 0.467 e. The summed E-state index contributed by atoms with van der Waals surface area (Å²) in [6.07, 6.45) is 3.33. The third-order valence-corrected chi connectivity index (χ3v) is 3.29. The number of ether oxygens (including phenoxy) is 1. The molecule has 0 amide bonds. The van der Waals surface area contributed by atoms with Gasteiger partial charge < -0.3 is 4.74 Å². The number of nitrogens with zero attached hydrogens (tertiary/aromatic N) is 1. The minimum absolute atomic E-state index is 0.164. The quantitative estimate of drug-likeness (QED) is 0.604. The molecule has 1 aromatic carbocycles. The third kappa shape index (κ3) is 5.16. The molecule has 0 aromatic heterocycles. The van der Waals surface area contributed by atoms with Gasteiger partial charge in [-0.15, -0.1) is 0 Å². The monoisotopic (exact) mass is 275 g/mol. The lowest BCUT2D eigenvalue weighted by Crippen LogP contribution is -2.35. The smallest absolute Gasteiger partial charge is 0.333 e. The van der Waals surface area contributed by atoms with E-state index in [2.05, 4.69) is 25.8 Å². The molecule has 0 heterocycles. The summed E-state index contributed by atoms with van der Waals surface area (Å²) >= 11 is 0. The van der Waals surface area contributed by atoms with Crippen LogP contribution in [-0.2, 0) is 9.53 Å². The second-order valence-corrected chi connectivity index (χ2v) is 6.49. The van der Waals surface area contributed by atoms with Crippen LogP contribution >= 0.6 is 0 Å². The van der Waals surface area contributed by atoms with Gasteiger partial charge in [-0.25, -0.2) is 4.79 Å². The van der Waals surface area contributed by atoms with Gasteiger partial charge in [0.05, 0.1) is 7.11 Å². The Balaban J connectivity index is 2.89. The van der Waals surface area contributed by atoms with Crippen LogP contribution in [0.3, 0.4) is 0 Å². The van der Waals surface area contributed by atoms with E-state index in [0.717, 1.165) is 12.0 Å². The lowest BCUT2D eigenvalue weighted by Gasteiger charge is -2.26. The van der Waals surface area contributed by atoms with Crippen LogP contribution in [0.5, 0.6) is 0 Å². The molecule has 0 aliphatic carbocycles. The molecule has 0 aliphatic rings. The molecule has 0 saturated carbocycles. The Hall–Kier alpha value is -1.64. The molecule has 1 unspecified atom stereocenters. The summed E-state index contributed by atoms with van der Waals surface area (Å²) in [5.41, 5.74) is 0.327. The minimum atomic E-state index is -0.822. The fourth-order valence-corrected chi connectivity index (χ4v) is 1.81. The zero-order valence-corrected chi connectivity index (χ0v) is 13.1. The van der Waals surface area contributed by atoms with Crippen molar-refractivity contribution in [1.82, 2.24) is 0 Å². The highest BCUT2D eigenvalue weighted by molar-refractivity contribution is 5.86. The summed E-state index contributed by atoms with van der Waals surface area (Å²) in [5, 5.41) is 0. The van der Waals surface area contributed by atoms with Crippen LogP contribution in [0.25, 0.3) is 0 Å². The molecule has 20 heavy (non-hydrogen) atoms. The van der Waals surface area contributed by atoms with Gasteiger partial charge in [-0.05, 0) is 30.7 Å². The van der Waals surface area contributed by atoms with Crippen molar-refractivity contribution in [3.63, 3.8) is 0 Å². The van der Waals surface area contributed by atoms with Crippen LogP contribution in [0.1, 0.15) is 46.1 Å². The van der Waals surface area contributed by atoms with Gasteiger partial charge in [-0.1, -0.05) is 51.1 Å². The summed E-state index contributed by atoms with van der Waals surface area (Å²) in [5.74, 6) is -0.283. The number of carbonyl (C=O) groups excluding carboxylic acids is 1. The van der Waals surface area contributed by atoms with E-state index in [1.165, 1.54) is 7.11 Å². The molecule has 1 aromatic rings.